The molecule has 29 heavy (non-hydrogen) atoms. The summed E-state index contributed by atoms with van der Waals surface area (Å²) < 4.78 is 0. The van der Waals surface area contributed by atoms with E-state index in [1.807, 2.05) is 79.1 Å². The van der Waals surface area contributed by atoms with Gasteiger partial charge in [-0.1, -0.05) is 85.0 Å². The van der Waals surface area contributed by atoms with Crippen molar-refractivity contribution in [1.29, 1.82) is 0 Å². The Balaban J connectivity index is 1.61. The maximum absolute atomic E-state index is 11.6. The van der Waals surface area contributed by atoms with Crippen LogP contribution in [0.2, 0.25) is 0 Å². The molecule has 1 fully saturated rings. The monoisotopic (exact) mass is 382 g/mol. The van der Waals surface area contributed by atoms with Gasteiger partial charge in [0, 0.05) is 29.6 Å². The molecule has 3 heteroatoms. The van der Waals surface area contributed by atoms with Gasteiger partial charge in [-0.05, 0) is 31.0 Å². The van der Waals surface area contributed by atoms with Crippen LogP contribution in [0.1, 0.15) is 42.0 Å². The summed E-state index contributed by atoms with van der Waals surface area (Å²) in [4.78, 5) is 6.70. The van der Waals surface area contributed by atoms with Crippen molar-refractivity contribution in [2.24, 2.45) is 0 Å². The Hall–Kier alpha value is -2.93. The van der Waals surface area contributed by atoms with Gasteiger partial charge in [-0.2, -0.15) is 0 Å². The zero-order chi connectivity index (χ0) is 19.9. The Labute approximate surface area is 173 Å². The first-order valence-corrected chi connectivity index (χ1v) is 10.2. The maximum Gasteiger partial charge on any atom is 0.176 e. The molecule has 3 nitrogen and oxygen atoms in total. The van der Waals surface area contributed by atoms with Crippen LogP contribution in [0.3, 0.4) is 0 Å². The lowest BCUT2D eigenvalue weighted by Gasteiger charge is -2.34. The molecule has 1 atom stereocenters. The molecule has 0 bridgehead atoms. The summed E-state index contributed by atoms with van der Waals surface area (Å²) in [5.74, 6) is 6.49. The van der Waals surface area contributed by atoms with Crippen molar-refractivity contribution < 1.29 is 5.11 Å². The van der Waals surface area contributed by atoms with Crippen molar-refractivity contribution in [2.45, 2.75) is 30.9 Å². The normalized spacial score (nSPS) is 17.3. The number of hydrogen-bond acceptors (Lipinski definition) is 3. The van der Waals surface area contributed by atoms with Crippen molar-refractivity contribution in [3.05, 3.63) is 102 Å². The molecule has 0 amide bonds. The quantitative estimate of drug-likeness (QED) is 0.673. The average molecular weight is 383 g/mol. The summed E-state index contributed by atoms with van der Waals surface area (Å²) in [5.41, 5.74) is 1.51. The zero-order valence-electron chi connectivity index (χ0n) is 16.5. The first-order valence-electron chi connectivity index (χ1n) is 10.2. The number of hydrogen-bond donors (Lipinski definition) is 1. The van der Waals surface area contributed by atoms with Gasteiger partial charge < -0.3 is 5.11 Å². The van der Waals surface area contributed by atoms with E-state index in [0.29, 0.717) is 12.6 Å². The molecule has 1 aliphatic rings. The number of nitrogens with zero attached hydrogens (tertiary/aromatic N) is 2. The summed E-state index contributed by atoms with van der Waals surface area (Å²) >= 11 is 0. The first-order chi connectivity index (χ1) is 14.3. The van der Waals surface area contributed by atoms with Gasteiger partial charge in [0.25, 0.3) is 0 Å². The van der Waals surface area contributed by atoms with Gasteiger partial charge >= 0.3 is 0 Å². The fourth-order valence-electron chi connectivity index (χ4n) is 4.07. The van der Waals surface area contributed by atoms with Crippen LogP contribution in [0.15, 0.2) is 85.2 Å². The Morgan fingerprint density at radius 2 is 1.62 bits per heavy atom. The van der Waals surface area contributed by atoms with Crippen LogP contribution in [-0.4, -0.2) is 28.1 Å². The number of aromatic nitrogens is 1. The van der Waals surface area contributed by atoms with Gasteiger partial charge in [0.1, 0.15) is 0 Å². The molecule has 1 N–H and O–H groups in total. The van der Waals surface area contributed by atoms with E-state index in [1.54, 1.807) is 0 Å². The summed E-state index contributed by atoms with van der Waals surface area (Å²) in [5, 5.41) is 11.6. The lowest BCUT2D eigenvalue weighted by atomic mass is 9.87. The van der Waals surface area contributed by atoms with Gasteiger partial charge in [0.05, 0.1) is 6.54 Å². The minimum Gasteiger partial charge on any atom is -0.369 e. The predicted octanol–water partition coefficient (Wildman–Crippen LogP) is 4.55. The van der Waals surface area contributed by atoms with Crippen molar-refractivity contribution in [3.63, 3.8) is 0 Å². The minimum atomic E-state index is -1.32. The highest BCUT2D eigenvalue weighted by atomic mass is 16.3. The molecule has 0 saturated carbocycles. The summed E-state index contributed by atoms with van der Waals surface area (Å²) in [7, 11) is 0. The molecule has 0 radical (unpaired) electrons. The van der Waals surface area contributed by atoms with Crippen LogP contribution < -0.4 is 0 Å². The Morgan fingerprint density at radius 1 is 0.931 bits per heavy atom. The molecule has 2 heterocycles. The van der Waals surface area contributed by atoms with Crippen LogP contribution in [0.5, 0.6) is 0 Å². The molecule has 0 aliphatic carbocycles. The highest BCUT2D eigenvalue weighted by Crippen LogP contribution is 2.31. The van der Waals surface area contributed by atoms with E-state index in [0.717, 1.165) is 24.1 Å². The molecule has 0 spiro atoms. The van der Waals surface area contributed by atoms with Crippen molar-refractivity contribution in [2.75, 3.05) is 13.1 Å². The largest absolute Gasteiger partial charge is 0.369 e. The zero-order valence-corrected chi connectivity index (χ0v) is 16.5. The predicted molar refractivity (Wildman–Crippen MR) is 116 cm³/mol. The van der Waals surface area contributed by atoms with E-state index >= 15 is 0 Å². The molecule has 1 saturated heterocycles. The molecule has 3 aromatic rings. The van der Waals surface area contributed by atoms with Crippen molar-refractivity contribution in [3.8, 4) is 11.8 Å². The number of aliphatic hydroxyl groups is 1. The third-order valence-electron chi connectivity index (χ3n) is 5.62. The number of benzene rings is 2. The SMILES string of the molecule is OC(C#CCN1CCCC[C@@H]1c1cccnc1)(c1ccccc1)c1ccccc1. The lowest BCUT2D eigenvalue weighted by Crippen LogP contribution is -2.34. The van der Waals surface area contributed by atoms with Crippen LogP contribution in [0.4, 0.5) is 0 Å². The van der Waals surface area contributed by atoms with Gasteiger partial charge in [0.15, 0.2) is 5.60 Å². The van der Waals surface area contributed by atoms with E-state index in [2.05, 4.69) is 27.8 Å². The van der Waals surface area contributed by atoms with E-state index in [1.165, 1.54) is 18.4 Å². The van der Waals surface area contributed by atoms with Crippen LogP contribution in [-0.2, 0) is 5.60 Å². The number of piperidine rings is 1. The van der Waals surface area contributed by atoms with E-state index in [-0.39, 0.29) is 0 Å². The molecular weight excluding hydrogens is 356 g/mol. The molecule has 1 aliphatic heterocycles. The van der Waals surface area contributed by atoms with Gasteiger partial charge in [-0.25, -0.2) is 0 Å². The standard InChI is InChI=1S/C26H26N2O/c29-26(23-12-3-1-4-13-23,24-14-5-2-6-15-24)17-10-20-28-19-8-7-16-25(28)22-11-9-18-27-21-22/h1-6,9,11-15,18,21,25,29H,7-8,16,19-20H2/t25-/m1/s1. The lowest BCUT2D eigenvalue weighted by molar-refractivity contribution is 0.144. The molecule has 0 unspecified atom stereocenters. The fourth-order valence-corrected chi connectivity index (χ4v) is 4.07. The van der Waals surface area contributed by atoms with E-state index < -0.39 is 5.60 Å². The topological polar surface area (TPSA) is 36.4 Å². The molecular formula is C26H26N2O. The second-order valence-electron chi connectivity index (χ2n) is 7.51. The highest BCUT2D eigenvalue weighted by Gasteiger charge is 2.29. The third kappa shape index (κ3) is 4.40. The Morgan fingerprint density at radius 3 is 2.24 bits per heavy atom. The highest BCUT2D eigenvalue weighted by molar-refractivity contribution is 5.44. The summed E-state index contributed by atoms with van der Waals surface area (Å²) in [6, 6.07) is 23.9. The number of rotatable bonds is 4. The molecule has 4 rings (SSSR count). The Kier molecular flexibility index (Phi) is 6.05. The van der Waals surface area contributed by atoms with Gasteiger partial charge in [0.2, 0.25) is 0 Å². The van der Waals surface area contributed by atoms with Crippen molar-refractivity contribution >= 4 is 0 Å². The smallest absolute Gasteiger partial charge is 0.176 e. The first kappa shape index (κ1) is 19.4. The van der Waals surface area contributed by atoms with Crippen LogP contribution in [0, 0.1) is 11.8 Å². The maximum atomic E-state index is 11.6. The molecule has 2 aromatic carbocycles. The van der Waals surface area contributed by atoms with Crippen molar-refractivity contribution in [1.82, 2.24) is 9.88 Å². The third-order valence-corrected chi connectivity index (χ3v) is 5.62. The average Bonchev–Trinajstić information content (AvgIpc) is 2.81. The van der Waals surface area contributed by atoms with Crippen LogP contribution in [0.25, 0.3) is 0 Å². The second-order valence-corrected chi connectivity index (χ2v) is 7.51. The van der Waals surface area contributed by atoms with E-state index in [9.17, 15) is 5.11 Å². The minimum absolute atomic E-state index is 0.341. The summed E-state index contributed by atoms with van der Waals surface area (Å²) in [6.45, 7) is 1.64. The number of likely N-dealkylation sites (tertiary alicyclic amines) is 1. The Bertz CT molecular complexity index is 922. The fraction of sp³-hybridized carbons (Fsp3) is 0.269. The van der Waals surface area contributed by atoms with Crippen LogP contribution >= 0.6 is 0 Å². The summed E-state index contributed by atoms with van der Waals surface area (Å²) in [6.07, 6.45) is 7.30. The van der Waals surface area contributed by atoms with Gasteiger partial charge in [-0.3, -0.25) is 9.88 Å². The van der Waals surface area contributed by atoms with E-state index in [4.69, 9.17) is 0 Å². The molecule has 1 aromatic heterocycles. The second kappa shape index (κ2) is 9.05. The number of pyridine rings is 1. The van der Waals surface area contributed by atoms with Gasteiger partial charge in [-0.15, -0.1) is 0 Å². The molecule has 146 valence electrons.